The number of hydrogen-bond acceptors (Lipinski definition) is 4. The molecule has 0 bridgehead atoms. The maximum atomic E-state index is 13.1. The van der Waals surface area contributed by atoms with E-state index in [1.54, 1.807) is 24.3 Å². The first-order chi connectivity index (χ1) is 13.5. The van der Waals surface area contributed by atoms with Gasteiger partial charge in [0.1, 0.15) is 17.9 Å². The van der Waals surface area contributed by atoms with Gasteiger partial charge in [0.25, 0.3) is 5.91 Å². The lowest BCUT2D eigenvalue weighted by Gasteiger charge is -2.27. The van der Waals surface area contributed by atoms with E-state index in [0.29, 0.717) is 24.6 Å². The summed E-state index contributed by atoms with van der Waals surface area (Å²) >= 11 is 5.96. The van der Waals surface area contributed by atoms with Crippen molar-refractivity contribution in [3.63, 3.8) is 0 Å². The van der Waals surface area contributed by atoms with E-state index in [-0.39, 0.29) is 12.6 Å². The Morgan fingerprint density at radius 1 is 1.11 bits per heavy atom. The average molecular weight is 402 g/mol. The number of halogens is 1. The third kappa shape index (κ3) is 4.13. The van der Waals surface area contributed by atoms with Crippen LogP contribution >= 0.6 is 11.6 Å². The van der Waals surface area contributed by atoms with E-state index in [2.05, 4.69) is 5.32 Å². The molecule has 1 fully saturated rings. The maximum absolute atomic E-state index is 13.1. The molecule has 0 saturated carbocycles. The average Bonchev–Trinajstić information content (AvgIpc) is 2.94. The van der Waals surface area contributed by atoms with Crippen LogP contribution in [-0.2, 0) is 10.3 Å². The third-order valence-electron chi connectivity index (χ3n) is 4.91. The van der Waals surface area contributed by atoms with Crippen LogP contribution in [0, 0.1) is 0 Å². The summed E-state index contributed by atoms with van der Waals surface area (Å²) in [5.41, 5.74) is -0.321. The molecule has 0 aromatic heterocycles. The van der Waals surface area contributed by atoms with Crippen LogP contribution in [0.5, 0.6) is 5.75 Å². The summed E-state index contributed by atoms with van der Waals surface area (Å²) in [6.45, 7) is 3.11. The summed E-state index contributed by atoms with van der Waals surface area (Å²) < 4.78 is 5.68. The highest BCUT2D eigenvalue weighted by molar-refractivity contribution is 6.30. The summed E-state index contributed by atoms with van der Waals surface area (Å²) in [5.74, 6) is 0.539. The van der Waals surface area contributed by atoms with Gasteiger partial charge in [-0.15, -0.1) is 0 Å². The van der Waals surface area contributed by atoms with E-state index in [9.17, 15) is 9.59 Å². The molecule has 2 aromatic carbocycles. The number of imide groups is 1. The first kappa shape index (κ1) is 20.2. The predicted octanol–water partition coefficient (Wildman–Crippen LogP) is 3.47. The number of para-hydroxylation sites is 1. The molecule has 0 radical (unpaired) electrons. The van der Waals surface area contributed by atoms with E-state index >= 15 is 0 Å². The zero-order valence-electron chi connectivity index (χ0n) is 16.0. The van der Waals surface area contributed by atoms with Crippen molar-refractivity contribution in [1.29, 1.82) is 0 Å². The lowest BCUT2D eigenvalue weighted by molar-refractivity contribution is -0.133. The fourth-order valence-electron chi connectivity index (χ4n) is 3.28. The Morgan fingerprint density at radius 2 is 1.79 bits per heavy atom. The normalized spacial score (nSPS) is 19.2. The molecule has 1 aliphatic rings. The van der Waals surface area contributed by atoms with Crippen LogP contribution in [0.1, 0.15) is 18.9 Å². The molecule has 1 heterocycles. The van der Waals surface area contributed by atoms with Gasteiger partial charge in [0, 0.05) is 11.6 Å². The predicted molar refractivity (Wildman–Crippen MR) is 108 cm³/mol. The maximum Gasteiger partial charge on any atom is 0.326 e. The van der Waals surface area contributed by atoms with Crippen LogP contribution in [0.2, 0.25) is 5.02 Å². The molecule has 28 heavy (non-hydrogen) atoms. The number of amides is 3. The standard InChI is InChI=1S/C21H24ClN3O3/c1-3-21(16-9-11-17(22)12-10-16)19(26)25(20(27)23-21)15-24(2)13-14-28-18-7-5-4-6-8-18/h4-12H,3,13-15H2,1-2H3,(H,23,27)/t21-/m1/s1. The molecule has 6 nitrogen and oxygen atoms in total. The van der Waals surface area contributed by atoms with Crippen molar-refractivity contribution < 1.29 is 14.3 Å². The van der Waals surface area contributed by atoms with E-state index in [1.807, 2.05) is 49.2 Å². The van der Waals surface area contributed by atoms with Crippen molar-refractivity contribution in [2.45, 2.75) is 18.9 Å². The van der Waals surface area contributed by atoms with Gasteiger partial charge in [-0.1, -0.05) is 48.9 Å². The number of ether oxygens (including phenoxy) is 1. The van der Waals surface area contributed by atoms with E-state index < -0.39 is 11.6 Å². The van der Waals surface area contributed by atoms with Gasteiger partial charge in [0.05, 0.1) is 6.67 Å². The van der Waals surface area contributed by atoms with Gasteiger partial charge in [-0.2, -0.15) is 0 Å². The van der Waals surface area contributed by atoms with Crippen molar-refractivity contribution in [3.8, 4) is 5.75 Å². The Morgan fingerprint density at radius 3 is 2.43 bits per heavy atom. The highest BCUT2D eigenvalue weighted by atomic mass is 35.5. The lowest BCUT2D eigenvalue weighted by atomic mass is 9.87. The number of carbonyl (C=O) groups excluding carboxylic acids is 2. The first-order valence-corrected chi connectivity index (χ1v) is 9.60. The van der Waals surface area contributed by atoms with Crippen LogP contribution in [0.15, 0.2) is 54.6 Å². The minimum absolute atomic E-state index is 0.193. The zero-order chi connectivity index (χ0) is 20.1. The molecule has 1 aliphatic heterocycles. The molecule has 0 spiro atoms. The fourth-order valence-corrected chi connectivity index (χ4v) is 3.40. The molecule has 0 aliphatic carbocycles. The lowest BCUT2D eigenvalue weighted by Crippen LogP contribution is -2.45. The molecule has 7 heteroatoms. The number of nitrogens with zero attached hydrogens (tertiary/aromatic N) is 2. The number of carbonyl (C=O) groups is 2. The molecular formula is C21H24ClN3O3. The molecular weight excluding hydrogens is 378 g/mol. The molecule has 2 aromatic rings. The molecule has 148 valence electrons. The van der Waals surface area contributed by atoms with Crippen molar-refractivity contribution in [3.05, 3.63) is 65.2 Å². The number of benzene rings is 2. The largest absolute Gasteiger partial charge is 0.492 e. The van der Waals surface area contributed by atoms with E-state index in [1.165, 1.54) is 4.90 Å². The second kappa shape index (κ2) is 8.63. The number of rotatable bonds is 8. The van der Waals surface area contributed by atoms with Crippen LogP contribution in [-0.4, -0.2) is 48.6 Å². The van der Waals surface area contributed by atoms with Gasteiger partial charge in [-0.3, -0.25) is 9.69 Å². The second-order valence-corrected chi connectivity index (χ2v) is 7.25. The highest BCUT2D eigenvalue weighted by Crippen LogP contribution is 2.33. The van der Waals surface area contributed by atoms with Gasteiger partial charge in [0.2, 0.25) is 0 Å². The van der Waals surface area contributed by atoms with Crippen molar-refractivity contribution >= 4 is 23.5 Å². The van der Waals surface area contributed by atoms with Gasteiger partial charge in [0.15, 0.2) is 0 Å². The van der Waals surface area contributed by atoms with Gasteiger partial charge < -0.3 is 10.1 Å². The smallest absolute Gasteiger partial charge is 0.326 e. The van der Waals surface area contributed by atoms with Gasteiger partial charge in [-0.25, -0.2) is 9.69 Å². The van der Waals surface area contributed by atoms with E-state index in [4.69, 9.17) is 16.3 Å². The quantitative estimate of drug-likeness (QED) is 0.688. The number of likely N-dealkylation sites (N-methyl/N-ethyl adjacent to an activating group) is 1. The summed E-state index contributed by atoms with van der Waals surface area (Å²) in [4.78, 5) is 28.8. The zero-order valence-corrected chi connectivity index (χ0v) is 16.8. The Balaban J connectivity index is 1.63. The van der Waals surface area contributed by atoms with Crippen LogP contribution in [0.4, 0.5) is 4.79 Å². The molecule has 3 amide bonds. The SMILES string of the molecule is CC[C@]1(c2ccc(Cl)cc2)NC(=O)N(CN(C)CCOc2ccccc2)C1=O. The summed E-state index contributed by atoms with van der Waals surface area (Å²) in [5, 5.41) is 3.46. The van der Waals surface area contributed by atoms with Crippen molar-refractivity contribution in [1.82, 2.24) is 15.1 Å². The molecule has 1 atom stereocenters. The Bertz CT molecular complexity index is 829. The Hall–Kier alpha value is -2.57. The van der Waals surface area contributed by atoms with Crippen LogP contribution < -0.4 is 10.1 Å². The highest BCUT2D eigenvalue weighted by Gasteiger charge is 2.51. The molecule has 1 N–H and O–H groups in total. The minimum atomic E-state index is -1.05. The summed E-state index contributed by atoms with van der Waals surface area (Å²) in [6.07, 6.45) is 0.455. The number of nitrogens with one attached hydrogen (secondary N) is 1. The van der Waals surface area contributed by atoms with Crippen LogP contribution in [0.3, 0.4) is 0 Å². The Labute approximate surface area is 170 Å². The topological polar surface area (TPSA) is 61.9 Å². The second-order valence-electron chi connectivity index (χ2n) is 6.81. The van der Waals surface area contributed by atoms with E-state index in [0.717, 1.165) is 11.3 Å². The monoisotopic (exact) mass is 401 g/mol. The Kier molecular flexibility index (Phi) is 6.21. The summed E-state index contributed by atoms with van der Waals surface area (Å²) in [6, 6.07) is 16.1. The molecule has 1 saturated heterocycles. The van der Waals surface area contributed by atoms with Crippen LogP contribution in [0.25, 0.3) is 0 Å². The van der Waals surface area contributed by atoms with Crippen molar-refractivity contribution in [2.24, 2.45) is 0 Å². The first-order valence-electron chi connectivity index (χ1n) is 9.23. The number of urea groups is 1. The summed E-state index contributed by atoms with van der Waals surface area (Å²) in [7, 11) is 1.85. The fraction of sp³-hybridized carbons (Fsp3) is 0.333. The minimum Gasteiger partial charge on any atom is -0.492 e. The third-order valence-corrected chi connectivity index (χ3v) is 5.16. The molecule has 3 rings (SSSR count). The van der Waals surface area contributed by atoms with Crippen molar-refractivity contribution in [2.75, 3.05) is 26.9 Å². The molecule has 0 unspecified atom stereocenters. The van der Waals surface area contributed by atoms with Gasteiger partial charge >= 0.3 is 6.03 Å². The van der Waals surface area contributed by atoms with Gasteiger partial charge in [-0.05, 0) is 43.3 Å². The number of hydrogen-bond donors (Lipinski definition) is 1.